The average Bonchev–Trinajstić information content (AvgIpc) is 3.09. The first-order valence-electron chi connectivity index (χ1n) is 8.64. The lowest BCUT2D eigenvalue weighted by atomic mass is 9.94. The maximum absolute atomic E-state index is 8.98. The summed E-state index contributed by atoms with van der Waals surface area (Å²) in [6, 6.07) is 18.5. The van der Waals surface area contributed by atoms with Crippen LogP contribution in [0.25, 0.3) is 0 Å². The molecule has 1 saturated carbocycles. The van der Waals surface area contributed by atoms with Crippen molar-refractivity contribution in [1.29, 1.82) is 5.26 Å². The molecule has 4 heteroatoms. The van der Waals surface area contributed by atoms with Crippen LogP contribution in [0, 0.1) is 11.3 Å². The maximum atomic E-state index is 8.98. The fourth-order valence-corrected chi connectivity index (χ4v) is 3.56. The molecule has 1 heterocycles. The molecule has 2 N–H and O–H groups in total. The van der Waals surface area contributed by atoms with E-state index >= 15 is 0 Å². The summed E-state index contributed by atoms with van der Waals surface area (Å²) in [6.07, 6.45) is 4.83. The van der Waals surface area contributed by atoms with Crippen molar-refractivity contribution in [3.63, 3.8) is 0 Å². The first-order chi connectivity index (χ1) is 11.7. The molecule has 0 amide bonds. The summed E-state index contributed by atoms with van der Waals surface area (Å²) in [4.78, 5) is 4.32. The van der Waals surface area contributed by atoms with Crippen LogP contribution in [0.4, 0.5) is 5.82 Å². The van der Waals surface area contributed by atoms with Crippen LogP contribution in [-0.2, 0) is 0 Å². The Balaban J connectivity index is 1.68. The molecular formula is C20H24N4. The van der Waals surface area contributed by atoms with Gasteiger partial charge in [-0.1, -0.05) is 49.2 Å². The first kappa shape index (κ1) is 16.5. The molecule has 0 radical (unpaired) electrons. The van der Waals surface area contributed by atoms with Crippen molar-refractivity contribution in [3.05, 3.63) is 59.8 Å². The van der Waals surface area contributed by atoms with E-state index in [0.29, 0.717) is 11.7 Å². The van der Waals surface area contributed by atoms with Crippen molar-refractivity contribution in [2.24, 2.45) is 0 Å². The molecule has 1 aliphatic carbocycles. The lowest BCUT2D eigenvalue weighted by Gasteiger charge is -2.34. The summed E-state index contributed by atoms with van der Waals surface area (Å²) in [5, 5.41) is 16.3. The lowest BCUT2D eigenvalue weighted by Crippen LogP contribution is -2.49. The SMILES string of the molecule is CC(NC1(CNc2cccc(C#N)n2)CCCC1)c1ccccc1. The minimum absolute atomic E-state index is 0.0829. The number of benzene rings is 1. The second kappa shape index (κ2) is 7.46. The summed E-state index contributed by atoms with van der Waals surface area (Å²) in [5.41, 5.74) is 1.85. The van der Waals surface area contributed by atoms with Crippen molar-refractivity contribution < 1.29 is 0 Å². The summed E-state index contributed by atoms with van der Waals surface area (Å²) in [5.74, 6) is 0.773. The van der Waals surface area contributed by atoms with Crippen molar-refractivity contribution in [1.82, 2.24) is 10.3 Å². The van der Waals surface area contributed by atoms with Gasteiger partial charge in [0.1, 0.15) is 17.6 Å². The van der Waals surface area contributed by atoms with Gasteiger partial charge in [0.2, 0.25) is 0 Å². The van der Waals surface area contributed by atoms with E-state index in [2.05, 4.69) is 58.9 Å². The quantitative estimate of drug-likeness (QED) is 0.843. The van der Waals surface area contributed by atoms with Crippen LogP contribution >= 0.6 is 0 Å². The highest BCUT2D eigenvalue weighted by Crippen LogP contribution is 2.32. The Labute approximate surface area is 143 Å². The number of nitrogens with zero attached hydrogens (tertiary/aromatic N) is 2. The molecule has 1 aliphatic rings. The third-order valence-corrected chi connectivity index (χ3v) is 4.85. The molecular weight excluding hydrogens is 296 g/mol. The molecule has 124 valence electrons. The van der Waals surface area contributed by atoms with Crippen molar-refractivity contribution in [2.45, 2.75) is 44.2 Å². The molecule has 0 spiro atoms. The van der Waals surface area contributed by atoms with Crippen LogP contribution in [0.3, 0.4) is 0 Å². The van der Waals surface area contributed by atoms with Gasteiger partial charge in [-0.25, -0.2) is 4.98 Å². The Hall–Kier alpha value is -2.38. The normalized spacial score (nSPS) is 17.2. The Bertz CT molecular complexity index is 699. The predicted molar refractivity (Wildman–Crippen MR) is 96.6 cm³/mol. The Morgan fingerprint density at radius 1 is 1.12 bits per heavy atom. The Kier molecular flexibility index (Phi) is 5.12. The highest BCUT2D eigenvalue weighted by molar-refractivity contribution is 5.39. The second-order valence-electron chi connectivity index (χ2n) is 6.64. The van der Waals surface area contributed by atoms with E-state index in [1.54, 1.807) is 6.07 Å². The Morgan fingerprint density at radius 3 is 2.58 bits per heavy atom. The molecule has 1 fully saturated rings. The summed E-state index contributed by atoms with van der Waals surface area (Å²) < 4.78 is 0. The zero-order valence-corrected chi connectivity index (χ0v) is 14.1. The van der Waals surface area contributed by atoms with Crippen molar-refractivity contribution in [2.75, 3.05) is 11.9 Å². The molecule has 0 aliphatic heterocycles. The van der Waals surface area contributed by atoms with E-state index in [1.165, 1.54) is 18.4 Å². The number of hydrogen-bond acceptors (Lipinski definition) is 4. The number of anilines is 1. The van der Waals surface area contributed by atoms with Gasteiger partial charge >= 0.3 is 0 Å². The van der Waals surface area contributed by atoms with Gasteiger partial charge in [-0.3, -0.25) is 0 Å². The number of nitriles is 1. The molecule has 2 aromatic rings. The fraction of sp³-hybridized carbons (Fsp3) is 0.400. The van der Waals surface area contributed by atoms with Crippen LogP contribution in [0.2, 0.25) is 0 Å². The van der Waals surface area contributed by atoms with E-state index < -0.39 is 0 Å². The molecule has 0 saturated heterocycles. The van der Waals surface area contributed by atoms with Crippen LogP contribution in [0.15, 0.2) is 48.5 Å². The number of pyridine rings is 1. The summed E-state index contributed by atoms with van der Waals surface area (Å²) in [7, 11) is 0. The van der Waals surface area contributed by atoms with E-state index in [0.717, 1.165) is 25.2 Å². The molecule has 1 aromatic carbocycles. The van der Waals surface area contributed by atoms with Crippen LogP contribution < -0.4 is 10.6 Å². The standard InChI is InChI=1S/C20H24N4/c1-16(17-8-3-2-4-9-17)24-20(12-5-6-13-20)15-22-19-11-7-10-18(14-21)23-19/h2-4,7-11,16,24H,5-6,12-13,15H2,1H3,(H,22,23). The molecule has 1 atom stereocenters. The van der Waals surface area contributed by atoms with Gasteiger partial charge in [0.25, 0.3) is 0 Å². The average molecular weight is 320 g/mol. The van der Waals surface area contributed by atoms with Gasteiger partial charge in [0, 0.05) is 18.1 Å². The van der Waals surface area contributed by atoms with Gasteiger partial charge in [0.15, 0.2) is 0 Å². The van der Waals surface area contributed by atoms with Crippen LogP contribution in [0.5, 0.6) is 0 Å². The van der Waals surface area contributed by atoms with E-state index in [9.17, 15) is 0 Å². The number of aromatic nitrogens is 1. The first-order valence-corrected chi connectivity index (χ1v) is 8.64. The zero-order chi connectivity index (χ0) is 16.8. The van der Waals surface area contributed by atoms with E-state index in [1.807, 2.05) is 12.1 Å². The number of hydrogen-bond donors (Lipinski definition) is 2. The zero-order valence-electron chi connectivity index (χ0n) is 14.1. The maximum Gasteiger partial charge on any atom is 0.142 e. The highest BCUT2D eigenvalue weighted by Gasteiger charge is 2.34. The second-order valence-corrected chi connectivity index (χ2v) is 6.64. The summed E-state index contributed by atoms with van der Waals surface area (Å²) >= 11 is 0. The van der Waals surface area contributed by atoms with Gasteiger partial charge in [-0.05, 0) is 37.5 Å². The predicted octanol–water partition coefficient (Wildman–Crippen LogP) is 4.03. The van der Waals surface area contributed by atoms with Gasteiger partial charge < -0.3 is 10.6 Å². The molecule has 3 rings (SSSR count). The van der Waals surface area contributed by atoms with Gasteiger partial charge in [0.05, 0.1) is 0 Å². The largest absolute Gasteiger partial charge is 0.368 e. The minimum atomic E-state index is 0.0829. The van der Waals surface area contributed by atoms with Gasteiger partial charge in [-0.2, -0.15) is 5.26 Å². The topological polar surface area (TPSA) is 60.7 Å². The van der Waals surface area contributed by atoms with Crippen LogP contribution in [-0.4, -0.2) is 17.1 Å². The van der Waals surface area contributed by atoms with E-state index in [-0.39, 0.29) is 5.54 Å². The van der Waals surface area contributed by atoms with Crippen molar-refractivity contribution >= 4 is 5.82 Å². The molecule has 0 bridgehead atoms. The number of nitrogens with one attached hydrogen (secondary N) is 2. The molecule has 24 heavy (non-hydrogen) atoms. The molecule has 4 nitrogen and oxygen atoms in total. The minimum Gasteiger partial charge on any atom is -0.368 e. The van der Waals surface area contributed by atoms with Crippen LogP contribution in [0.1, 0.15) is 49.9 Å². The monoisotopic (exact) mass is 320 g/mol. The highest BCUT2D eigenvalue weighted by atomic mass is 15.1. The molecule has 1 aromatic heterocycles. The fourth-order valence-electron chi connectivity index (χ4n) is 3.56. The van der Waals surface area contributed by atoms with Crippen molar-refractivity contribution in [3.8, 4) is 6.07 Å². The van der Waals surface area contributed by atoms with Gasteiger partial charge in [-0.15, -0.1) is 0 Å². The lowest BCUT2D eigenvalue weighted by molar-refractivity contribution is 0.314. The third-order valence-electron chi connectivity index (χ3n) is 4.85. The third kappa shape index (κ3) is 3.93. The smallest absolute Gasteiger partial charge is 0.142 e. The summed E-state index contributed by atoms with van der Waals surface area (Å²) in [6.45, 7) is 3.05. The number of rotatable bonds is 6. The van der Waals surface area contributed by atoms with E-state index in [4.69, 9.17) is 5.26 Å². The Morgan fingerprint density at radius 2 is 1.88 bits per heavy atom. The molecule has 1 unspecified atom stereocenters.